The molecule has 0 heterocycles. The summed E-state index contributed by atoms with van der Waals surface area (Å²) in [5.74, 6) is 0. The van der Waals surface area contributed by atoms with E-state index in [0.29, 0.717) is 6.17 Å². The standard InChI is InChI=1S/C10H25N3/c1-6-11-10(2)13(5)9-7-8-12(3)4/h10-11H,6-9H2,1-5H3. The van der Waals surface area contributed by atoms with Crippen LogP contribution in [0.5, 0.6) is 0 Å². The molecule has 0 aromatic heterocycles. The highest BCUT2D eigenvalue weighted by molar-refractivity contribution is 4.60. The van der Waals surface area contributed by atoms with E-state index in [1.807, 2.05) is 0 Å². The van der Waals surface area contributed by atoms with Gasteiger partial charge < -0.3 is 10.2 Å². The van der Waals surface area contributed by atoms with Gasteiger partial charge in [0.25, 0.3) is 0 Å². The van der Waals surface area contributed by atoms with Crippen LogP contribution in [-0.4, -0.2) is 56.7 Å². The summed E-state index contributed by atoms with van der Waals surface area (Å²) in [6, 6.07) is 0. The van der Waals surface area contributed by atoms with Crippen LogP contribution in [0.3, 0.4) is 0 Å². The molecule has 1 atom stereocenters. The molecule has 80 valence electrons. The maximum atomic E-state index is 3.40. The lowest BCUT2D eigenvalue weighted by atomic mass is 10.3. The first kappa shape index (κ1) is 12.9. The van der Waals surface area contributed by atoms with Gasteiger partial charge in [-0.25, -0.2) is 0 Å². The molecular formula is C10H25N3. The van der Waals surface area contributed by atoms with Crippen LogP contribution in [0.4, 0.5) is 0 Å². The Morgan fingerprint density at radius 3 is 2.23 bits per heavy atom. The Hall–Kier alpha value is -0.120. The first-order chi connectivity index (χ1) is 6.07. The molecule has 0 aromatic carbocycles. The maximum absolute atomic E-state index is 3.40. The van der Waals surface area contributed by atoms with Crippen LogP contribution in [-0.2, 0) is 0 Å². The normalized spacial score (nSPS) is 14.1. The summed E-state index contributed by atoms with van der Waals surface area (Å²) in [6.45, 7) is 7.72. The molecule has 0 rings (SSSR count). The van der Waals surface area contributed by atoms with E-state index in [1.165, 1.54) is 13.0 Å². The number of nitrogens with zero attached hydrogens (tertiary/aromatic N) is 2. The van der Waals surface area contributed by atoms with Gasteiger partial charge in [0.05, 0.1) is 6.17 Å². The van der Waals surface area contributed by atoms with Crippen LogP contribution in [0.1, 0.15) is 20.3 Å². The second-order valence-electron chi connectivity index (χ2n) is 3.87. The average molecular weight is 187 g/mol. The second-order valence-corrected chi connectivity index (χ2v) is 3.87. The van der Waals surface area contributed by atoms with Crippen molar-refractivity contribution in [2.24, 2.45) is 0 Å². The van der Waals surface area contributed by atoms with Crippen LogP contribution in [0, 0.1) is 0 Å². The lowest BCUT2D eigenvalue weighted by Gasteiger charge is -2.25. The van der Waals surface area contributed by atoms with Crippen molar-refractivity contribution >= 4 is 0 Å². The summed E-state index contributed by atoms with van der Waals surface area (Å²) in [4.78, 5) is 4.58. The van der Waals surface area contributed by atoms with E-state index in [9.17, 15) is 0 Å². The molecule has 0 aliphatic carbocycles. The van der Waals surface area contributed by atoms with Crippen LogP contribution in [0.25, 0.3) is 0 Å². The molecule has 0 bridgehead atoms. The largest absolute Gasteiger partial charge is 0.309 e. The molecule has 0 fully saturated rings. The monoisotopic (exact) mass is 187 g/mol. The van der Waals surface area contributed by atoms with Crippen LogP contribution in [0.15, 0.2) is 0 Å². The minimum absolute atomic E-state index is 0.493. The van der Waals surface area contributed by atoms with Gasteiger partial charge in [0.1, 0.15) is 0 Å². The summed E-state index contributed by atoms with van der Waals surface area (Å²) in [5.41, 5.74) is 0. The summed E-state index contributed by atoms with van der Waals surface area (Å²) in [7, 11) is 6.41. The first-order valence-corrected chi connectivity index (χ1v) is 5.16. The van der Waals surface area contributed by atoms with Crippen molar-refractivity contribution in [1.82, 2.24) is 15.1 Å². The molecule has 3 nitrogen and oxygen atoms in total. The molecule has 0 spiro atoms. The van der Waals surface area contributed by atoms with Gasteiger partial charge >= 0.3 is 0 Å². The number of hydrogen-bond acceptors (Lipinski definition) is 3. The van der Waals surface area contributed by atoms with Crippen molar-refractivity contribution in [3.63, 3.8) is 0 Å². The molecule has 0 amide bonds. The van der Waals surface area contributed by atoms with E-state index in [-0.39, 0.29) is 0 Å². The van der Waals surface area contributed by atoms with Gasteiger partial charge in [-0.15, -0.1) is 0 Å². The van der Waals surface area contributed by atoms with E-state index >= 15 is 0 Å². The lowest BCUT2D eigenvalue weighted by molar-refractivity contribution is 0.212. The van der Waals surface area contributed by atoms with E-state index in [1.54, 1.807) is 0 Å². The SMILES string of the molecule is CCNC(C)N(C)CCCN(C)C. The van der Waals surface area contributed by atoms with E-state index in [0.717, 1.165) is 13.1 Å². The Morgan fingerprint density at radius 1 is 1.15 bits per heavy atom. The fraction of sp³-hybridized carbons (Fsp3) is 1.00. The molecular weight excluding hydrogens is 162 g/mol. The summed E-state index contributed by atoms with van der Waals surface area (Å²) < 4.78 is 0. The second kappa shape index (κ2) is 7.30. The summed E-state index contributed by atoms with van der Waals surface area (Å²) in [5, 5.41) is 3.40. The number of rotatable bonds is 7. The summed E-state index contributed by atoms with van der Waals surface area (Å²) in [6.07, 6.45) is 1.73. The molecule has 0 aromatic rings. The molecule has 13 heavy (non-hydrogen) atoms. The molecule has 1 unspecified atom stereocenters. The van der Waals surface area contributed by atoms with Gasteiger partial charge in [-0.2, -0.15) is 0 Å². The average Bonchev–Trinajstić information content (AvgIpc) is 2.04. The highest BCUT2D eigenvalue weighted by Gasteiger charge is 2.05. The highest BCUT2D eigenvalue weighted by atomic mass is 15.2. The predicted molar refractivity (Wildman–Crippen MR) is 58.9 cm³/mol. The quantitative estimate of drug-likeness (QED) is 0.596. The molecule has 0 aliphatic rings. The van der Waals surface area contributed by atoms with Crippen LogP contribution < -0.4 is 5.32 Å². The van der Waals surface area contributed by atoms with Crippen LogP contribution >= 0.6 is 0 Å². The third-order valence-electron chi connectivity index (χ3n) is 2.28. The minimum atomic E-state index is 0.493. The number of hydrogen-bond donors (Lipinski definition) is 1. The maximum Gasteiger partial charge on any atom is 0.0565 e. The van der Waals surface area contributed by atoms with E-state index < -0.39 is 0 Å². The highest BCUT2D eigenvalue weighted by Crippen LogP contribution is 1.94. The van der Waals surface area contributed by atoms with Crippen molar-refractivity contribution in [1.29, 1.82) is 0 Å². The van der Waals surface area contributed by atoms with Gasteiger partial charge in [-0.1, -0.05) is 6.92 Å². The summed E-state index contributed by atoms with van der Waals surface area (Å²) >= 11 is 0. The van der Waals surface area contributed by atoms with Gasteiger partial charge in [-0.05, 0) is 47.6 Å². The van der Waals surface area contributed by atoms with Crippen molar-refractivity contribution in [2.75, 3.05) is 40.8 Å². The molecule has 0 saturated carbocycles. The Kier molecular flexibility index (Phi) is 7.23. The Morgan fingerprint density at radius 2 is 1.77 bits per heavy atom. The van der Waals surface area contributed by atoms with E-state index in [4.69, 9.17) is 0 Å². The Bertz CT molecular complexity index is 115. The Balaban J connectivity index is 3.43. The van der Waals surface area contributed by atoms with Crippen molar-refractivity contribution in [2.45, 2.75) is 26.4 Å². The van der Waals surface area contributed by atoms with Crippen molar-refractivity contribution in [3.05, 3.63) is 0 Å². The molecule has 3 heteroatoms. The van der Waals surface area contributed by atoms with Crippen molar-refractivity contribution < 1.29 is 0 Å². The smallest absolute Gasteiger partial charge is 0.0565 e. The molecule has 0 aliphatic heterocycles. The minimum Gasteiger partial charge on any atom is -0.309 e. The molecule has 0 radical (unpaired) electrons. The number of nitrogens with one attached hydrogen (secondary N) is 1. The van der Waals surface area contributed by atoms with Crippen molar-refractivity contribution in [3.8, 4) is 0 Å². The fourth-order valence-electron chi connectivity index (χ4n) is 1.28. The fourth-order valence-corrected chi connectivity index (χ4v) is 1.28. The zero-order chi connectivity index (χ0) is 10.3. The van der Waals surface area contributed by atoms with Crippen LogP contribution in [0.2, 0.25) is 0 Å². The first-order valence-electron chi connectivity index (χ1n) is 5.16. The third kappa shape index (κ3) is 6.99. The molecule has 0 saturated heterocycles. The zero-order valence-electron chi connectivity index (χ0n) is 9.80. The predicted octanol–water partition coefficient (Wildman–Crippen LogP) is 0.825. The van der Waals surface area contributed by atoms with Gasteiger partial charge in [0.15, 0.2) is 0 Å². The molecule has 1 N–H and O–H groups in total. The Labute approximate surface area is 83.1 Å². The lowest BCUT2D eigenvalue weighted by Crippen LogP contribution is -2.41. The third-order valence-corrected chi connectivity index (χ3v) is 2.28. The van der Waals surface area contributed by atoms with Gasteiger partial charge in [0.2, 0.25) is 0 Å². The van der Waals surface area contributed by atoms with E-state index in [2.05, 4.69) is 50.1 Å². The zero-order valence-corrected chi connectivity index (χ0v) is 9.80. The van der Waals surface area contributed by atoms with Gasteiger partial charge in [-0.3, -0.25) is 4.90 Å². The van der Waals surface area contributed by atoms with Gasteiger partial charge in [0, 0.05) is 6.54 Å². The topological polar surface area (TPSA) is 18.5 Å².